The number of rotatable bonds is 31. The molecule has 0 radical (unpaired) electrons. The van der Waals surface area contributed by atoms with Gasteiger partial charge in [-0.1, -0.05) is 84.0 Å². The Kier molecular flexibility index (Phi) is 22.3. The standard InChI is InChI=1S/C58H81N7O14/c1-11-39-30-38(21-24-43(39)77-10)31-41(53(72)64-58(27-28-58)57(8,9)56(76)62-42(55(74)75)29-33(2)3)61-44(66)16-13-12-15-35(6)50-51(78-50)40-22-19-37(20-23-40)32-59-52(71)36(7)60-54(73)49(34(4)5)63-45(67)17-14-18-48(70)79-65-46(68)25-26-47(65)69/h13,16,19-24,30,33-36,41-42,49-51H,11-12,14-15,17-18,25-29,31-32H2,1-10H3,(H,59,71)(H,60,73)(H,61,66)(H,62,76)(H,63,67)(H,64,72)(H,74,75)/b16-13+/t35-,36-,41+,42-,49-,50?,51?/m0/s1. The Labute approximate surface area is 462 Å². The smallest absolute Gasteiger partial charge is 0.333 e. The molecule has 21 nitrogen and oxygen atoms in total. The number of hydroxylamine groups is 2. The van der Waals surface area contributed by atoms with Crippen molar-refractivity contribution >= 4 is 59.2 Å². The summed E-state index contributed by atoms with van der Waals surface area (Å²) in [6.45, 7) is 16.4. The van der Waals surface area contributed by atoms with Gasteiger partial charge in [0.1, 0.15) is 36.0 Å². The van der Waals surface area contributed by atoms with Crippen molar-refractivity contribution in [2.45, 2.75) is 188 Å². The van der Waals surface area contributed by atoms with Gasteiger partial charge in [-0.25, -0.2) is 9.59 Å². The lowest BCUT2D eigenvalue weighted by atomic mass is 9.80. The number of carbonyl (C=O) groups is 10. The molecule has 2 heterocycles. The van der Waals surface area contributed by atoms with Gasteiger partial charge < -0.3 is 51.3 Å². The van der Waals surface area contributed by atoms with Crippen molar-refractivity contribution in [3.63, 3.8) is 0 Å². The molecule has 21 heteroatoms. The summed E-state index contributed by atoms with van der Waals surface area (Å²) in [5.74, 6) is -5.49. The van der Waals surface area contributed by atoms with Gasteiger partial charge in [0, 0.05) is 38.6 Å². The van der Waals surface area contributed by atoms with Gasteiger partial charge in [-0.2, -0.15) is 0 Å². The van der Waals surface area contributed by atoms with E-state index in [1.165, 1.54) is 13.0 Å². The molecule has 2 saturated heterocycles. The number of aliphatic carboxylic acids is 1. The zero-order valence-electron chi connectivity index (χ0n) is 47.3. The van der Waals surface area contributed by atoms with Crippen molar-refractivity contribution < 1.29 is 67.4 Å². The van der Waals surface area contributed by atoms with Gasteiger partial charge in [0.15, 0.2) is 0 Å². The number of carboxylic acid groups (broad SMARTS) is 1. The highest BCUT2D eigenvalue weighted by molar-refractivity contribution is 6.01. The molecule has 2 aliphatic heterocycles. The summed E-state index contributed by atoms with van der Waals surface area (Å²) in [6.07, 6.45) is 6.06. The van der Waals surface area contributed by atoms with E-state index in [1.807, 2.05) is 63.2 Å². The second-order valence-electron chi connectivity index (χ2n) is 22.3. The average molecular weight is 1100 g/mol. The molecule has 0 spiro atoms. The first-order valence-corrected chi connectivity index (χ1v) is 27.5. The molecule has 2 aromatic carbocycles. The fourth-order valence-electron chi connectivity index (χ4n) is 9.56. The van der Waals surface area contributed by atoms with Crippen molar-refractivity contribution in [1.82, 2.24) is 37.0 Å². The maximum Gasteiger partial charge on any atom is 0.333 e. The maximum absolute atomic E-state index is 14.2. The number of aryl methyl sites for hydroxylation is 1. The lowest BCUT2D eigenvalue weighted by Crippen LogP contribution is -2.60. The summed E-state index contributed by atoms with van der Waals surface area (Å²) < 4.78 is 11.6. The number of carbonyl (C=O) groups excluding carboxylic acids is 9. The van der Waals surface area contributed by atoms with Crippen LogP contribution in [0, 0.1) is 23.2 Å². The molecule has 5 rings (SSSR count). The van der Waals surface area contributed by atoms with E-state index in [1.54, 1.807) is 40.9 Å². The minimum atomic E-state index is -1.16. The summed E-state index contributed by atoms with van der Waals surface area (Å²) in [5.41, 5.74) is 1.44. The van der Waals surface area contributed by atoms with Crippen LogP contribution in [0.4, 0.5) is 0 Å². The van der Waals surface area contributed by atoms with E-state index in [-0.39, 0.29) is 81.5 Å². The van der Waals surface area contributed by atoms with E-state index in [9.17, 15) is 53.1 Å². The van der Waals surface area contributed by atoms with Gasteiger partial charge in [0.2, 0.25) is 35.4 Å². The normalized spacial score (nSPS) is 18.5. The number of imide groups is 1. The number of benzene rings is 2. The molecule has 2 aromatic rings. The Morgan fingerprint density at radius 1 is 0.835 bits per heavy atom. The summed E-state index contributed by atoms with van der Waals surface area (Å²) >= 11 is 0. The third-order valence-electron chi connectivity index (χ3n) is 14.9. The minimum Gasteiger partial charge on any atom is -0.496 e. The molecule has 0 aromatic heterocycles. The molecule has 0 bridgehead atoms. The summed E-state index contributed by atoms with van der Waals surface area (Å²) in [7, 11) is 1.59. The third kappa shape index (κ3) is 17.7. The number of hydrogen-bond acceptors (Lipinski definition) is 13. The summed E-state index contributed by atoms with van der Waals surface area (Å²) in [5, 5.41) is 27.1. The second kappa shape index (κ2) is 28.1. The van der Waals surface area contributed by atoms with Gasteiger partial charge >= 0.3 is 11.9 Å². The Morgan fingerprint density at radius 3 is 2.09 bits per heavy atom. The van der Waals surface area contributed by atoms with Crippen LogP contribution in [0.15, 0.2) is 54.6 Å². The Hall–Kier alpha value is -7.16. The number of nitrogens with zero attached hydrogens (tertiary/aromatic N) is 1. The summed E-state index contributed by atoms with van der Waals surface area (Å²) in [6, 6.07) is 9.32. The van der Waals surface area contributed by atoms with E-state index >= 15 is 0 Å². The van der Waals surface area contributed by atoms with Crippen LogP contribution in [0.5, 0.6) is 5.75 Å². The number of nitrogens with one attached hydrogen (secondary N) is 6. The van der Waals surface area contributed by atoms with Crippen LogP contribution in [0.2, 0.25) is 0 Å². The molecule has 8 amide bonds. The van der Waals surface area contributed by atoms with E-state index in [4.69, 9.17) is 14.3 Å². The molecule has 1 aliphatic carbocycles. The molecule has 7 atom stereocenters. The summed E-state index contributed by atoms with van der Waals surface area (Å²) in [4.78, 5) is 132. The van der Waals surface area contributed by atoms with Crippen molar-refractivity contribution in [1.29, 1.82) is 0 Å². The molecule has 432 valence electrons. The number of ether oxygens (including phenoxy) is 2. The van der Waals surface area contributed by atoms with E-state index in [0.717, 1.165) is 28.7 Å². The predicted molar refractivity (Wildman–Crippen MR) is 290 cm³/mol. The molecule has 7 N–H and O–H groups in total. The van der Waals surface area contributed by atoms with E-state index in [2.05, 4.69) is 38.8 Å². The largest absolute Gasteiger partial charge is 0.496 e. The van der Waals surface area contributed by atoms with Crippen LogP contribution in [0.25, 0.3) is 0 Å². The van der Waals surface area contributed by atoms with Crippen LogP contribution in [-0.4, -0.2) is 112 Å². The van der Waals surface area contributed by atoms with Crippen LogP contribution in [-0.2, 0) is 76.9 Å². The second-order valence-corrected chi connectivity index (χ2v) is 22.3. The number of hydrogen-bond donors (Lipinski definition) is 7. The Bertz CT molecular complexity index is 2580. The topological polar surface area (TPSA) is 297 Å². The molecule has 79 heavy (non-hydrogen) atoms. The highest BCUT2D eigenvalue weighted by Gasteiger charge is 2.59. The van der Waals surface area contributed by atoms with Crippen molar-refractivity contribution in [3.8, 4) is 5.75 Å². The first-order chi connectivity index (χ1) is 37.3. The molecule has 1 saturated carbocycles. The molecule has 3 fully saturated rings. The zero-order valence-corrected chi connectivity index (χ0v) is 47.3. The van der Waals surface area contributed by atoms with E-state index in [0.29, 0.717) is 36.5 Å². The van der Waals surface area contributed by atoms with Crippen molar-refractivity contribution in [3.05, 3.63) is 76.9 Å². The first kappa shape index (κ1) is 62.7. The van der Waals surface area contributed by atoms with Crippen LogP contribution in [0.3, 0.4) is 0 Å². The third-order valence-corrected chi connectivity index (χ3v) is 14.9. The number of carboxylic acids is 1. The predicted octanol–water partition coefficient (Wildman–Crippen LogP) is 4.73. The van der Waals surface area contributed by atoms with Gasteiger partial charge in [0.25, 0.3) is 11.8 Å². The number of amides is 8. The highest BCUT2D eigenvalue weighted by atomic mass is 16.7. The van der Waals surface area contributed by atoms with Gasteiger partial charge in [0.05, 0.1) is 24.2 Å². The number of methoxy groups -OCH3 is 1. The van der Waals surface area contributed by atoms with Gasteiger partial charge in [-0.05, 0) is 118 Å². The minimum absolute atomic E-state index is 0.0292. The number of epoxide rings is 1. The molecular formula is C58H81N7O14. The first-order valence-electron chi connectivity index (χ1n) is 27.5. The number of allylic oxidation sites excluding steroid dienone is 1. The quantitative estimate of drug-likeness (QED) is 0.0305. The van der Waals surface area contributed by atoms with Gasteiger partial charge in [-0.15, -0.1) is 5.06 Å². The zero-order chi connectivity index (χ0) is 58.4. The average Bonchev–Trinajstić information content (AvgIpc) is 4.41. The van der Waals surface area contributed by atoms with E-state index < -0.39 is 94.3 Å². The Morgan fingerprint density at radius 2 is 1.49 bits per heavy atom. The van der Waals surface area contributed by atoms with Crippen molar-refractivity contribution in [2.24, 2.45) is 23.2 Å². The molecular weight excluding hydrogens is 1020 g/mol. The van der Waals surface area contributed by atoms with Gasteiger partial charge in [-0.3, -0.25) is 38.4 Å². The lowest BCUT2D eigenvalue weighted by Gasteiger charge is -2.36. The monoisotopic (exact) mass is 1100 g/mol. The van der Waals surface area contributed by atoms with Crippen molar-refractivity contribution in [2.75, 3.05) is 7.11 Å². The molecule has 2 unspecified atom stereocenters. The van der Waals surface area contributed by atoms with Crippen LogP contribution in [0.1, 0.15) is 155 Å². The molecule has 3 aliphatic rings. The van der Waals surface area contributed by atoms with Crippen LogP contribution < -0.4 is 36.6 Å². The fourth-order valence-corrected chi connectivity index (χ4v) is 9.56. The fraction of sp³-hybridized carbons (Fsp3) is 0.586. The SMILES string of the molecule is CCc1cc(C[C@@H](NC(=O)/C=C/CC[C@H](C)C2OC2c2ccc(CNC(=O)[C@H](C)NC(=O)[C@@H](NC(=O)CCCC(=O)ON3C(=O)CCC3=O)C(C)C)cc2)C(=O)NC2(C(C)(C)C(=O)N[C@@H](CC(C)C)C(=O)O)CC2)ccc1OC. The Balaban J connectivity index is 1.07. The van der Waals surface area contributed by atoms with Crippen LogP contribution >= 0.6 is 0 Å². The maximum atomic E-state index is 14.2. The highest BCUT2D eigenvalue weighted by Crippen LogP contribution is 2.50. The lowest BCUT2D eigenvalue weighted by molar-refractivity contribution is -0.197.